The van der Waals surface area contributed by atoms with Gasteiger partial charge in [0.2, 0.25) is 0 Å². The van der Waals surface area contributed by atoms with Crippen LogP contribution in [0.15, 0.2) is 0 Å². The van der Waals surface area contributed by atoms with Gasteiger partial charge in [0.15, 0.2) is 6.61 Å². The van der Waals surface area contributed by atoms with Crippen LogP contribution in [0, 0.1) is 0 Å². The summed E-state index contributed by atoms with van der Waals surface area (Å²) < 4.78 is 38.9. The molecule has 0 aromatic carbocycles. The topological polar surface area (TPSA) is 64.3 Å². The fourth-order valence-electron chi connectivity index (χ4n) is 0.953. The van der Waals surface area contributed by atoms with E-state index < -0.39 is 18.9 Å². The van der Waals surface area contributed by atoms with Gasteiger partial charge in [0.25, 0.3) is 0 Å². The molecule has 0 aliphatic rings. The summed E-state index contributed by atoms with van der Waals surface area (Å²) in [6.07, 6.45) is -4.20. The van der Waals surface area contributed by atoms with E-state index in [2.05, 4.69) is 10.1 Å². The fraction of sp³-hybridized carbons (Fsp3) is 0.917. The zero-order valence-corrected chi connectivity index (χ0v) is 12.4. The van der Waals surface area contributed by atoms with Crippen molar-refractivity contribution in [2.75, 3.05) is 13.2 Å². The third kappa shape index (κ3) is 19.5. The molecule has 1 amide bonds. The molecular weight excluding hydrogens is 261 g/mol. The molecule has 0 bridgehead atoms. The SMILES string of the molecule is CC.CC.CCCC(CN)NC(=O)OCC(F)(F)F. The van der Waals surface area contributed by atoms with Crippen LogP contribution in [0.4, 0.5) is 18.0 Å². The number of amides is 1. The highest BCUT2D eigenvalue weighted by Gasteiger charge is 2.29. The van der Waals surface area contributed by atoms with Gasteiger partial charge in [0, 0.05) is 12.6 Å². The number of carbonyl (C=O) groups excluding carboxylic acids is 1. The van der Waals surface area contributed by atoms with Crippen molar-refractivity contribution in [3.63, 3.8) is 0 Å². The van der Waals surface area contributed by atoms with E-state index in [9.17, 15) is 18.0 Å². The number of nitrogens with one attached hydrogen (secondary N) is 1. The van der Waals surface area contributed by atoms with Crippen molar-refractivity contribution >= 4 is 6.09 Å². The Balaban J connectivity index is -0.000000579. The van der Waals surface area contributed by atoms with E-state index in [1.807, 2.05) is 34.6 Å². The fourth-order valence-corrected chi connectivity index (χ4v) is 0.953. The summed E-state index contributed by atoms with van der Waals surface area (Å²) in [6, 6.07) is -0.337. The lowest BCUT2D eigenvalue weighted by Gasteiger charge is -2.16. The van der Waals surface area contributed by atoms with E-state index in [0.717, 1.165) is 6.42 Å². The Kier molecular flexibility index (Phi) is 18.4. The van der Waals surface area contributed by atoms with E-state index in [1.165, 1.54) is 0 Å². The average molecular weight is 288 g/mol. The van der Waals surface area contributed by atoms with Crippen LogP contribution in [0.1, 0.15) is 47.5 Å². The van der Waals surface area contributed by atoms with Crippen LogP contribution < -0.4 is 11.1 Å². The van der Waals surface area contributed by atoms with Crippen molar-refractivity contribution in [1.82, 2.24) is 5.32 Å². The molecule has 0 rings (SSSR count). The number of hydrogen-bond acceptors (Lipinski definition) is 3. The number of alkyl carbamates (subject to hydrolysis) is 1. The third-order valence-corrected chi connectivity index (χ3v) is 1.61. The van der Waals surface area contributed by atoms with Gasteiger partial charge in [0.1, 0.15) is 0 Å². The van der Waals surface area contributed by atoms with Crippen LogP contribution in [0.5, 0.6) is 0 Å². The molecule has 0 spiro atoms. The second-order valence-electron chi connectivity index (χ2n) is 3.06. The van der Waals surface area contributed by atoms with Crippen LogP contribution in [-0.2, 0) is 4.74 Å². The van der Waals surface area contributed by atoms with Crippen molar-refractivity contribution in [1.29, 1.82) is 0 Å². The van der Waals surface area contributed by atoms with Crippen molar-refractivity contribution in [2.45, 2.75) is 59.7 Å². The van der Waals surface area contributed by atoms with Crippen molar-refractivity contribution in [3.05, 3.63) is 0 Å². The Hall–Kier alpha value is -0.980. The number of hydrogen-bond donors (Lipinski definition) is 2. The second-order valence-corrected chi connectivity index (χ2v) is 3.06. The summed E-state index contributed by atoms with van der Waals surface area (Å²) in [4.78, 5) is 10.8. The molecule has 3 N–H and O–H groups in total. The molecule has 4 nitrogen and oxygen atoms in total. The number of alkyl halides is 3. The number of halogens is 3. The van der Waals surface area contributed by atoms with Crippen LogP contribution in [-0.4, -0.2) is 31.5 Å². The molecular formula is C12H27F3N2O2. The van der Waals surface area contributed by atoms with Gasteiger partial charge in [-0.1, -0.05) is 41.0 Å². The average Bonchev–Trinajstić information content (AvgIpc) is 2.40. The molecule has 0 fully saturated rings. The molecule has 1 unspecified atom stereocenters. The van der Waals surface area contributed by atoms with Gasteiger partial charge in [-0.2, -0.15) is 13.2 Å². The minimum absolute atomic E-state index is 0.176. The first-order valence-corrected chi connectivity index (χ1v) is 6.59. The summed E-state index contributed by atoms with van der Waals surface area (Å²) in [5.74, 6) is 0. The molecule has 0 saturated heterocycles. The van der Waals surface area contributed by atoms with Crippen molar-refractivity contribution < 1.29 is 22.7 Å². The second kappa shape index (κ2) is 15.1. The Bertz CT molecular complexity index is 200. The molecule has 0 radical (unpaired) electrons. The highest BCUT2D eigenvalue weighted by molar-refractivity contribution is 5.67. The van der Waals surface area contributed by atoms with Crippen molar-refractivity contribution in [2.24, 2.45) is 5.73 Å². The number of nitrogens with two attached hydrogens (primary N) is 1. The standard InChI is InChI=1S/C8H15F3N2O2.2C2H6/c1-2-3-6(4-12)13-7(14)15-5-8(9,10)11;2*1-2/h6H,2-5,12H2,1H3,(H,13,14);2*1-2H3. The number of rotatable bonds is 5. The highest BCUT2D eigenvalue weighted by Crippen LogP contribution is 2.14. The van der Waals surface area contributed by atoms with Crippen molar-refractivity contribution in [3.8, 4) is 0 Å². The minimum Gasteiger partial charge on any atom is -0.440 e. The maximum atomic E-state index is 11.7. The first-order chi connectivity index (χ1) is 8.89. The maximum Gasteiger partial charge on any atom is 0.422 e. The van der Waals surface area contributed by atoms with Gasteiger partial charge in [-0.15, -0.1) is 0 Å². The van der Waals surface area contributed by atoms with Gasteiger partial charge in [-0.05, 0) is 6.42 Å². The van der Waals surface area contributed by atoms with Crippen LogP contribution in [0.2, 0.25) is 0 Å². The van der Waals surface area contributed by atoms with Gasteiger partial charge in [-0.3, -0.25) is 0 Å². The molecule has 0 heterocycles. The van der Waals surface area contributed by atoms with E-state index in [0.29, 0.717) is 6.42 Å². The molecule has 7 heteroatoms. The van der Waals surface area contributed by atoms with E-state index in [4.69, 9.17) is 5.73 Å². The monoisotopic (exact) mass is 288 g/mol. The Labute approximate surface area is 113 Å². The Morgan fingerprint density at radius 3 is 2.05 bits per heavy atom. The Morgan fingerprint density at radius 2 is 1.74 bits per heavy atom. The molecule has 19 heavy (non-hydrogen) atoms. The van der Waals surface area contributed by atoms with E-state index in [-0.39, 0.29) is 12.6 Å². The lowest BCUT2D eigenvalue weighted by atomic mass is 10.2. The maximum absolute atomic E-state index is 11.7. The zero-order valence-electron chi connectivity index (χ0n) is 12.4. The van der Waals surface area contributed by atoms with E-state index >= 15 is 0 Å². The zero-order chi connectivity index (χ0) is 15.9. The van der Waals surface area contributed by atoms with Gasteiger partial charge < -0.3 is 15.8 Å². The highest BCUT2D eigenvalue weighted by atomic mass is 19.4. The molecule has 0 aromatic rings. The normalized spacial score (nSPS) is 11.2. The summed E-state index contributed by atoms with van der Waals surface area (Å²) in [5.41, 5.74) is 5.30. The van der Waals surface area contributed by atoms with E-state index in [1.54, 1.807) is 0 Å². The largest absolute Gasteiger partial charge is 0.440 e. The molecule has 0 aliphatic carbocycles. The summed E-state index contributed by atoms with van der Waals surface area (Å²) in [7, 11) is 0. The lowest BCUT2D eigenvalue weighted by Crippen LogP contribution is -2.41. The van der Waals surface area contributed by atoms with Crippen LogP contribution >= 0.6 is 0 Å². The predicted molar refractivity (Wildman–Crippen MR) is 71.0 cm³/mol. The first-order valence-electron chi connectivity index (χ1n) is 6.59. The van der Waals surface area contributed by atoms with Crippen LogP contribution in [0.25, 0.3) is 0 Å². The Morgan fingerprint density at radius 1 is 1.26 bits per heavy atom. The molecule has 1 atom stereocenters. The molecule has 0 aliphatic heterocycles. The number of ether oxygens (including phenoxy) is 1. The number of carbonyl (C=O) groups is 1. The smallest absolute Gasteiger partial charge is 0.422 e. The van der Waals surface area contributed by atoms with Gasteiger partial charge >= 0.3 is 12.3 Å². The third-order valence-electron chi connectivity index (χ3n) is 1.61. The lowest BCUT2D eigenvalue weighted by molar-refractivity contribution is -0.160. The first kappa shape index (κ1) is 23.1. The molecule has 0 aromatic heterocycles. The predicted octanol–water partition coefficient (Wildman–Crippen LogP) is 3.45. The van der Waals surface area contributed by atoms with Crippen LogP contribution in [0.3, 0.4) is 0 Å². The molecule has 0 saturated carbocycles. The van der Waals surface area contributed by atoms with Gasteiger partial charge in [0.05, 0.1) is 0 Å². The minimum atomic E-state index is -4.50. The summed E-state index contributed by atoms with van der Waals surface area (Å²) in [5, 5.41) is 2.25. The summed E-state index contributed by atoms with van der Waals surface area (Å²) in [6.45, 7) is 8.47. The quantitative estimate of drug-likeness (QED) is 0.814. The molecule has 118 valence electrons. The van der Waals surface area contributed by atoms with Gasteiger partial charge in [-0.25, -0.2) is 4.79 Å². The summed E-state index contributed by atoms with van der Waals surface area (Å²) >= 11 is 0.